The van der Waals surface area contributed by atoms with Gasteiger partial charge in [-0.15, -0.1) is 11.3 Å². The summed E-state index contributed by atoms with van der Waals surface area (Å²) in [5.74, 6) is 0.423. The molecule has 27 heavy (non-hydrogen) atoms. The van der Waals surface area contributed by atoms with Crippen LogP contribution >= 0.6 is 11.3 Å². The van der Waals surface area contributed by atoms with Gasteiger partial charge in [0.2, 0.25) is 5.95 Å². The van der Waals surface area contributed by atoms with Crippen molar-refractivity contribution in [1.29, 1.82) is 0 Å². The Morgan fingerprint density at radius 2 is 2.26 bits per heavy atom. The molecule has 0 radical (unpaired) electrons. The number of carbonyl (C=O) groups is 1. The SMILES string of the molecule is COCC(=O)Nc1cc(-c2cccs2)nn1-c1nc2c(c(=O)[nH]1)CCCC2. The fraction of sp³-hybridized carbons (Fsp3) is 0.333. The summed E-state index contributed by atoms with van der Waals surface area (Å²) < 4.78 is 6.35. The van der Waals surface area contributed by atoms with Gasteiger partial charge >= 0.3 is 0 Å². The van der Waals surface area contributed by atoms with Gasteiger partial charge in [-0.2, -0.15) is 9.78 Å². The van der Waals surface area contributed by atoms with Crippen LogP contribution in [0.1, 0.15) is 24.1 Å². The Bertz CT molecular complexity index is 1020. The summed E-state index contributed by atoms with van der Waals surface area (Å²) in [6.45, 7) is -0.0757. The number of hydrogen-bond acceptors (Lipinski definition) is 6. The van der Waals surface area contributed by atoms with Crippen molar-refractivity contribution in [1.82, 2.24) is 19.7 Å². The fourth-order valence-corrected chi connectivity index (χ4v) is 3.86. The maximum Gasteiger partial charge on any atom is 0.255 e. The smallest absolute Gasteiger partial charge is 0.255 e. The summed E-state index contributed by atoms with van der Waals surface area (Å²) in [6.07, 6.45) is 3.53. The van der Waals surface area contributed by atoms with Crippen molar-refractivity contribution in [2.75, 3.05) is 19.0 Å². The molecule has 0 spiro atoms. The van der Waals surface area contributed by atoms with Crippen LogP contribution in [-0.2, 0) is 22.4 Å². The van der Waals surface area contributed by atoms with Gasteiger partial charge in [-0.25, -0.2) is 4.98 Å². The number of nitrogens with one attached hydrogen (secondary N) is 2. The number of ether oxygens (including phenoxy) is 1. The first-order valence-corrected chi connectivity index (χ1v) is 9.59. The number of anilines is 1. The van der Waals surface area contributed by atoms with Crippen LogP contribution in [0.5, 0.6) is 0 Å². The van der Waals surface area contributed by atoms with Crippen molar-refractivity contribution < 1.29 is 9.53 Å². The van der Waals surface area contributed by atoms with Gasteiger partial charge in [0.25, 0.3) is 11.5 Å². The Kier molecular flexibility index (Phi) is 4.87. The van der Waals surface area contributed by atoms with Crippen LogP contribution < -0.4 is 10.9 Å². The standard InChI is InChI=1S/C18H19N5O3S/c1-26-10-16(24)20-15-9-13(14-7-4-8-27-14)22-23(15)18-19-12-6-3-2-5-11(12)17(25)21-18/h4,7-9H,2-3,5-6,10H2,1H3,(H,20,24)(H,19,21,25). The Labute approximate surface area is 159 Å². The van der Waals surface area contributed by atoms with Crippen LogP contribution in [0.3, 0.4) is 0 Å². The van der Waals surface area contributed by atoms with Gasteiger partial charge in [-0.1, -0.05) is 6.07 Å². The zero-order valence-corrected chi connectivity index (χ0v) is 15.6. The van der Waals surface area contributed by atoms with Crippen molar-refractivity contribution in [2.45, 2.75) is 25.7 Å². The normalized spacial score (nSPS) is 13.4. The van der Waals surface area contributed by atoms with Crippen molar-refractivity contribution in [2.24, 2.45) is 0 Å². The molecule has 8 nitrogen and oxygen atoms in total. The summed E-state index contributed by atoms with van der Waals surface area (Å²) in [5, 5.41) is 9.29. The highest BCUT2D eigenvalue weighted by Gasteiger charge is 2.20. The summed E-state index contributed by atoms with van der Waals surface area (Å²) in [4.78, 5) is 32.9. The molecule has 0 aromatic carbocycles. The molecule has 1 aliphatic carbocycles. The highest BCUT2D eigenvalue weighted by molar-refractivity contribution is 7.13. The number of H-pyrrole nitrogens is 1. The highest BCUT2D eigenvalue weighted by Crippen LogP contribution is 2.27. The van der Waals surface area contributed by atoms with Crippen LogP contribution in [-0.4, -0.2) is 39.4 Å². The Hall–Kier alpha value is -2.78. The number of aromatic amines is 1. The molecule has 0 aliphatic heterocycles. The van der Waals surface area contributed by atoms with E-state index < -0.39 is 0 Å². The van der Waals surface area contributed by atoms with E-state index >= 15 is 0 Å². The molecule has 9 heteroatoms. The molecule has 2 N–H and O–H groups in total. The third kappa shape index (κ3) is 3.56. The second-order valence-corrected chi connectivity index (χ2v) is 7.25. The van der Waals surface area contributed by atoms with E-state index in [1.54, 1.807) is 17.4 Å². The number of carbonyl (C=O) groups excluding carboxylic acids is 1. The van der Waals surface area contributed by atoms with Crippen molar-refractivity contribution in [3.63, 3.8) is 0 Å². The van der Waals surface area contributed by atoms with E-state index in [1.807, 2.05) is 17.5 Å². The fourth-order valence-electron chi connectivity index (χ4n) is 3.18. The third-order valence-corrected chi connectivity index (χ3v) is 5.30. The summed E-state index contributed by atoms with van der Waals surface area (Å²) in [5.41, 5.74) is 2.11. The molecule has 0 bridgehead atoms. The third-order valence-electron chi connectivity index (χ3n) is 4.41. The van der Waals surface area contributed by atoms with Crippen LogP contribution in [0.4, 0.5) is 5.82 Å². The molecular formula is C18H19N5O3S. The molecule has 1 amide bonds. The highest BCUT2D eigenvalue weighted by atomic mass is 32.1. The van der Waals surface area contributed by atoms with Crippen molar-refractivity contribution in [3.05, 3.63) is 45.2 Å². The molecule has 3 heterocycles. The predicted octanol–water partition coefficient (Wildman–Crippen LogP) is 2.15. The average molecular weight is 385 g/mol. The molecule has 0 atom stereocenters. The molecule has 4 rings (SSSR count). The summed E-state index contributed by atoms with van der Waals surface area (Å²) in [6, 6.07) is 5.64. The number of hydrogen-bond donors (Lipinski definition) is 2. The van der Waals surface area contributed by atoms with Gasteiger partial charge in [-0.3, -0.25) is 14.6 Å². The van der Waals surface area contributed by atoms with Crippen molar-refractivity contribution in [3.8, 4) is 16.5 Å². The minimum atomic E-state index is -0.309. The average Bonchev–Trinajstić information content (AvgIpc) is 3.31. The zero-order valence-electron chi connectivity index (χ0n) is 14.8. The van der Waals surface area contributed by atoms with Gasteiger partial charge < -0.3 is 10.1 Å². The molecule has 3 aromatic heterocycles. The molecule has 0 unspecified atom stereocenters. The molecule has 3 aromatic rings. The second-order valence-electron chi connectivity index (χ2n) is 6.31. The van der Waals surface area contributed by atoms with E-state index in [-0.39, 0.29) is 18.1 Å². The van der Waals surface area contributed by atoms with E-state index in [2.05, 4.69) is 20.4 Å². The molecule has 0 saturated heterocycles. The van der Waals surface area contributed by atoms with E-state index in [9.17, 15) is 9.59 Å². The Morgan fingerprint density at radius 3 is 3.04 bits per heavy atom. The molecule has 0 fully saturated rings. The van der Waals surface area contributed by atoms with Gasteiger partial charge in [0.15, 0.2) is 0 Å². The van der Waals surface area contributed by atoms with Gasteiger partial charge in [-0.05, 0) is 37.1 Å². The monoisotopic (exact) mass is 385 g/mol. The number of amides is 1. The number of thiophene rings is 1. The number of rotatable bonds is 5. The summed E-state index contributed by atoms with van der Waals surface area (Å²) in [7, 11) is 1.45. The lowest BCUT2D eigenvalue weighted by Gasteiger charge is -2.15. The lowest BCUT2D eigenvalue weighted by Crippen LogP contribution is -2.25. The van der Waals surface area contributed by atoms with Gasteiger partial charge in [0, 0.05) is 18.7 Å². The van der Waals surface area contributed by atoms with Crippen LogP contribution in [0.2, 0.25) is 0 Å². The number of methoxy groups -OCH3 is 1. The number of fused-ring (bicyclic) bond motifs is 1. The van der Waals surface area contributed by atoms with E-state index in [1.165, 1.54) is 11.8 Å². The molecule has 1 aliphatic rings. The quantitative estimate of drug-likeness (QED) is 0.701. The maximum atomic E-state index is 12.5. The zero-order chi connectivity index (χ0) is 18.8. The largest absolute Gasteiger partial charge is 0.375 e. The molecule has 140 valence electrons. The lowest BCUT2D eigenvalue weighted by molar-refractivity contribution is -0.119. The Morgan fingerprint density at radius 1 is 1.41 bits per heavy atom. The molecular weight excluding hydrogens is 366 g/mol. The van der Waals surface area contributed by atoms with E-state index in [0.29, 0.717) is 17.5 Å². The van der Waals surface area contributed by atoms with Crippen molar-refractivity contribution >= 4 is 23.1 Å². The number of nitrogens with zero attached hydrogens (tertiary/aromatic N) is 3. The summed E-state index contributed by atoms with van der Waals surface area (Å²) >= 11 is 1.54. The maximum absolute atomic E-state index is 12.5. The number of aryl methyl sites for hydroxylation is 1. The Balaban J connectivity index is 1.80. The van der Waals surface area contributed by atoms with E-state index in [0.717, 1.165) is 41.8 Å². The second kappa shape index (κ2) is 7.45. The predicted molar refractivity (Wildman–Crippen MR) is 102 cm³/mol. The van der Waals surface area contributed by atoms with Crippen LogP contribution in [0, 0.1) is 0 Å². The lowest BCUT2D eigenvalue weighted by atomic mass is 9.97. The van der Waals surface area contributed by atoms with Gasteiger partial charge in [0.1, 0.15) is 18.1 Å². The topological polar surface area (TPSA) is 102 Å². The minimum Gasteiger partial charge on any atom is -0.375 e. The first-order valence-electron chi connectivity index (χ1n) is 8.71. The molecule has 0 saturated carbocycles. The first kappa shape index (κ1) is 17.6. The van der Waals surface area contributed by atoms with Crippen LogP contribution in [0.25, 0.3) is 16.5 Å². The van der Waals surface area contributed by atoms with E-state index in [4.69, 9.17) is 4.74 Å². The van der Waals surface area contributed by atoms with Gasteiger partial charge in [0.05, 0.1) is 10.6 Å². The number of aromatic nitrogens is 4. The minimum absolute atomic E-state index is 0.0757. The first-order chi connectivity index (χ1) is 13.2. The van der Waals surface area contributed by atoms with Crippen LogP contribution in [0.15, 0.2) is 28.4 Å².